The molecule has 0 saturated carbocycles. The Morgan fingerprint density at radius 2 is 1.96 bits per heavy atom. The van der Waals surface area contributed by atoms with E-state index in [2.05, 4.69) is 10.0 Å². The van der Waals surface area contributed by atoms with Gasteiger partial charge in [0.2, 0.25) is 15.9 Å². The van der Waals surface area contributed by atoms with Gasteiger partial charge in [0.25, 0.3) is 0 Å². The number of carbonyl (C=O) groups is 2. The van der Waals surface area contributed by atoms with Crippen molar-refractivity contribution in [1.29, 1.82) is 0 Å². The van der Waals surface area contributed by atoms with Crippen LogP contribution in [0, 0.1) is 0 Å². The zero-order valence-electron chi connectivity index (χ0n) is 14.9. The number of carboxylic acid groups (broad SMARTS) is 1. The molecule has 0 atom stereocenters. The van der Waals surface area contributed by atoms with E-state index >= 15 is 0 Å². The van der Waals surface area contributed by atoms with Crippen molar-refractivity contribution in [2.24, 2.45) is 0 Å². The number of carboxylic acids is 1. The minimum absolute atomic E-state index is 0.0310. The largest absolute Gasteiger partial charge is 0.489 e. The first kappa shape index (κ1) is 21.9. The highest BCUT2D eigenvalue weighted by Gasteiger charge is 2.16. The Morgan fingerprint density at radius 1 is 1.27 bits per heavy atom. The second-order valence-electron chi connectivity index (χ2n) is 5.72. The molecule has 3 N–H and O–H groups in total. The van der Waals surface area contributed by atoms with Crippen LogP contribution in [-0.2, 0) is 19.6 Å². The van der Waals surface area contributed by atoms with Crippen molar-refractivity contribution in [3.05, 3.63) is 23.8 Å². The average molecular weight is 388 g/mol. The molecule has 0 unspecified atom stereocenters. The second kappa shape index (κ2) is 10.1. The highest BCUT2D eigenvalue weighted by atomic mass is 32.2. The first-order valence-electron chi connectivity index (χ1n) is 7.94. The number of anilines is 1. The standard InChI is InChI=1S/C16H24N2O7S/c1-11(2)25-14-6-5-12(16(20)21)9-13(14)18-15(19)10-17-26(22,23)8-4-7-24-3/h5-6,9,11,17H,4,7-8,10H2,1-3H3,(H,18,19)(H,20,21). The zero-order chi connectivity index (χ0) is 19.7. The fourth-order valence-electron chi connectivity index (χ4n) is 1.95. The van der Waals surface area contributed by atoms with E-state index in [9.17, 15) is 18.0 Å². The van der Waals surface area contributed by atoms with Crippen LogP contribution in [-0.4, -0.2) is 57.5 Å². The molecular weight excluding hydrogens is 364 g/mol. The van der Waals surface area contributed by atoms with Crippen LogP contribution in [0.3, 0.4) is 0 Å². The number of rotatable bonds is 11. The molecule has 1 rings (SSSR count). The Morgan fingerprint density at radius 3 is 2.54 bits per heavy atom. The summed E-state index contributed by atoms with van der Waals surface area (Å²) in [5.74, 6) is -1.67. The molecule has 0 heterocycles. The molecule has 9 nitrogen and oxygen atoms in total. The van der Waals surface area contributed by atoms with E-state index in [1.807, 2.05) is 0 Å². The third-order valence-corrected chi connectivity index (χ3v) is 4.49. The maximum absolute atomic E-state index is 12.0. The topological polar surface area (TPSA) is 131 Å². The van der Waals surface area contributed by atoms with E-state index in [4.69, 9.17) is 14.6 Å². The summed E-state index contributed by atoms with van der Waals surface area (Å²) in [4.78, 5) is 23.1. The summed E-state index contributed by atoms with van der Waals surface area (Å²) in [6.07, 6.45) is 0.112. The Balaban J connectivity index is 2.78. The van der Waals surface area contributed by atoms with E-state index in [0.717, 1.165) is 0 Å². The smallest absolute Gasteiger partial charge is 0.335 e. The molecule has 0 radical (unpaired) electrons. The van der Waals surface area contributed by atoms with E-state index in [-0.39, 0.29) is 23.1 Å². The molecule has 0 aromatic heterocycles. The van der Waals surface area contributed by atoms with Crippen molar-refractivity contribution in [3.8, 4) is 5.75 Å². The Kier molecular flexibility index (Phi) is 8.49. The Hall–Kier alpha value is -2.17. The highest BCUT2D eigenvalue weighted by molar-refractivity contribution is 7.89. The van der Waals surface area contributed by atoms with Gasteiger partial charge < -0.3 is 19.9 Å². The van der Waals surface area contributed by atoms with Crippen LogP contribution >= 0.6 is 0 Å². The van der Waals surface area contributed by atoms with Gasteiger partial charge in [-0.1, -0.05) is 0 Å². The van der Waals surface area contributed by atoms with Gasteiger partial charge >= 0.3 is 5.97 Å². The molecule has 1 aromatic carbocycles. The lowest BCUT2D eigenvalue weighted by atomic mass is 10.2. The summed E-state index contributed by atoms with van der Waals surface area (Å²) in [6, 6.07) is 4.05. The average Bonchev–Trinajstić information content (AvgIpc) is 2.54. The van der Waals surface area contributed by atoms with Crippen molar-refractivity contribution < 1.29 is 32.6 Å². The van der Waals surface area contributed by atoms with Gasteiger partial charge in [-0.15, -0.1) is 0 Å². The lowest BCUT2D eigenvalue weighted by Crippen LogP contribution is -2.34. The molecule has 10 heteroatoms. The third kappa shape index (κ3) is 7.81. The van der Waals surface area contributed by atoms with E-state index in [1.165, 1.54) is 25.3 Å². The number of nitrogens with one attached hydrogen (secondary N) is 2. The first-order valence-corrected chi connectivity index (χ1v) is 9.60. The number of carbonyl (C=O) groups excluding carboxylic acids is 1. The van der Waals surface area contributed by atoms with Gasteiger partial charge in [-0.05, 0) is 38.5 Å². The molecule has 26 heavy (non-hydrogen) atoms. The van der Waals surface area contributed by atoms with Crippen LogP contribution in [0.15, 0.2) is 18.2 Å². The van der Waals surface area contributed by atoms with Crippen LogP contribution in [0.2, 0.25) is 0 Å². The summed E-state index contributed by atoms with van der Waals surface area (Å²) in [7, 11) is -2.14. The van der Waals surface area contributed by atoms with Crippen LogP contribution in [0.5, 0.6) is 5.75 Å². The zero-order valence-corrected chi connectivity index (χ0v) is 15.8. The number of ether oxygens (including phenoxy) is 2. The van der Waals surface area contributed by atoms with Crippen LogP contribution < -0.4 is 14.8 Å². The lowest BCUT2D eigenvalue weighted by Gasteiger charge is -2.16. The van der Waals surface area contributed by atoms with Gasteiger partial charge in [-0.25, -0.2) is 17.9 Å². The molecule has 1 amide bonds. The maximum Gasteiger partial charge on any atom is 0.335 e. The number of hydrogen-bond donors (Lipinski definition) is 3. The predicted octanol–water partition coefficient (Wildman–Crippen LogP) is 1.07. The van der Waals surface area contributed by atoms with Gasteiger partial charge in [0, 0.05) is 13.7 Å². The number of sulfonamides is 1. The second-order valence-corrected chi connectivity index (χ2v) is 7.64. The molecule has 0 aliphatic rings. The number of methoxy groups -OCH3 is 1. The minimum Gasteiger partial charge on any atom is -0.489 e. The Bertz CT molecular complexity index is 732. The molecule has 0 bridgehead atoms. The first-order chi connectivity index (χ1) is 12.1. The van der Waals surface area contributed by atoms with Gasteiger partial charge in [-0.3, -0.25) is 4.79 Å². The van der Waals surface area contributed by atoms with Crippen molar-refractivity contribution >= 4 is 27.6 Å². The molecule has 1 aromatic rings. The predicted molar refractivity (Wildman–Crippen MR) is 96.1 cm³/mol. The van der Waals surface area contributed by atoms with Crippen LogP contribution in [0.25, 0.3) is 0 Å². The summed E-state index contributed by atoms with van der Waals surface area (Å²) in [6.45, 7) is 3.38. The summed E-state index contributed by atoms with van der Waals surface area (Å²) >= 11 is 0. The molecule has 0 saturated heterocycles. The summed E-state index contributed by atoms with van der Waals surface area (Å²) in [5, 5.41) is 11.5. The molecular formula is C16H24N2O7S. The molecule has 0 spiro atoms. The Labute approximate surface area is 152 Å². The van der Waals surface area contributed by atoms with Crippen LogP contribution in [0.1, 0.15) is 30.6 Å². The fraction of sp³-hybridized carbons (Fsp3) is 0.500. The van der Waals surface area contributed by atoms with Gasteiger partial charge in [-0.2, -0.15) is 0 Å². The van der Waals surface area contributed by atoms with Gasteiger partial charge in [0.1, 0.15) is 5.75 Å². The summed E-state index contributed by atoms with van der Waals surface area (Å²) < 4.78 is 36.0. The minimum atomic E-state index is -3.61. The van der Waals surface area contributed by atoms with Crippen LogP contribution in [0.4, 0.5) is 5.69 Å². The number of amides is 1. The molecule has 0 aliphatic heterocycles. The van der Waals surface area contributed by atoms with Gasteiger partial charge in [0.05, 0.1) is 29.7 Å². The number of benzene rings is 1. The maximum atomic E-state index is 12.0. The fourth-order valence-corrected chi connectivity index (χ4v) is 2.95. The lowest BCUT2D eigenvalue weighted by molar-refractivity contribution is -0.115. The summed E-state index contributed by atoms with van der Waals surface area (Å²) in [5.41, 5.74) is 0.124. The van der Waals surface area contributed by atoms with Crippen molar-refractivity contribution in [2.45, 2.75) is 26.4 Å². The van der Waals surface area contributed by atoms with Crippen molar-refractivity contribution in [3.63, 3.8) is 0 Å². The number of aromatic carboxylic acids is 1. The van der Waals surface area contributed by atoms with E-state index in [0.29, 0.717) is 18.8 Å². The quantitative estimate of drug-likeness (QED) is 0.483. The SMILES string of the molecule is COCCCS(=O)(=O)NCC(=O)Nc1cc(C(=O)O)ccc1OC(C)C. The van der Waals surface area contributed by atoms with Crippen molar-refractivity contribution in [2.75, 3.05) is 31.3 Å². The normalized spacial score (nSPS) is 11.4. The monoisotopic (exact) mass is 388 g/mol. The van der Waals surface area contributed by atoms with Gasteiger partial charge in [0.15, 0.2) is 0 Å². The number of hydrogen-bond acceptors (Lipinski definition) is 6. The molecule has 0 fully saturated rings. The van der Waals surface area contributed by atoms with E-state index in [1.54, 1.807) is 13.8 Å². The highest BCUT2D eigenvalue weighted by Crippen LogP contribution is 2.27. The van der Waals surface area contributed by atoms with Crippen molar-refractivity contribution in [1.82, 2.24) is 4.72 Å². The van der Waals surface area contributed by atoms with E-state index < -0.39 is 28.4 Å². The third-order valence-electron chi connectivity index (χ3n) is 3.08. The molecule has 0 aliphatic carbocycles. The molecule has 146 valence electrons.